The average Bonchev–Trinajstić information content (AvgIpc) is 2.93. The molecule has 1 aliphatic rings. The SMILES string of the molecule is CC.C[C@@H](c1ccccc1F)C1CNc2c1nc(N)[nH]c2=O. The Bertz CT molecular complexity index is 714. The third-order valence-electron chi connectivity index (χ3n) is 3.82. The summed E-state index contributed by atoms with van der Waals surface area (Å²) in [4.78, 5) is 18.5. The molecule has 0 spiro atoms. The van der Waals surface area contributed by atoms with Crippen LogP contribution in [0.2, 0.25) is 0 Å². The van der Waals surface area contributed by atoms with Gasteiger partial charge in [0.05, 0.1) is 5.69 Å². The molecule has 0 saturated heterocycles. The van der Waals surface area contributed by atoms with E-state index in [0.717, 1.165) is 0 Å². The zero-order chi connectivity index (χ0) is 16.3. The normalized spacial score (nSPS) is 17.0. The number of nitrogens with zero attached hydrogens (tertiary/aromatic N) is 1. The number of aromatic amines is 1. The molecule has 2 heterocycles. The molecule has 1 unspecified atom stereocenters. The molecule has 6 heteroatoms. The molecule has 0 amide bonds. The van der Waals surface area contributed by atoms with Crippen LogP contribution < -0.4 is 16.6 Å². The van der Waals surface area contributed by atoms with Crippen LogP contribution in [0.5, 0.6) is 0 Å². The van der Waals surface area contributed by atoms with Gasteiger partial charge in [0.15, 0.2) is 0 Å². The lowest BCUT2D eigenvalue weighted by Crippen LogP contribution is -2.15. The van der Waals surface area contributed by atoms with Crippen molar-refractivity contribution in [2.24, 2.45) is 0 Å². The number of H-pyrrole nitrogens is 1. The highest BCUT2D eigenvalue weighted by Gasteiger charge is 2.32. The van der Waals surface area contributed by atoms with Crippen LogP contribution in [0.15, 0.2) is 29.1 Å². The van der Waals surface area contributed by atoms with Crippen molar-refractivity contribution >= 4 is 11.6 Å². The van der Waals surface area contributed by atoms with Crippen molar-refractivity contribution in [3.05, 3.63) is 51.7 Å². The maximum absolute atomic E-state index is 13.9. The minimum absolute atomic E-state index is 0.0773. The van der Waals surface area contributed by atoms with Gasteiger partial charge in [-0.05, 0) is 17.5 Å². The Morgan fingerprint density at radius 2 is 2.05 bits per heavy atom. The molecule has 1 aromatic carbocycles. The summed E-state index contributed by atoms with van der Waals surface area (Å²) in [5, 5.41) is 3.03. The smallest absolute Gasteiger partial charge is 0.275 e. The molecule has 2 aromatic rings. The van der Waals surface area contributed by atoms with Crippen LogP contribution in [0.3, 0.4) is 0 Å². The van der Waals surface area contributed by atoms with Gasteiger partial charge in [-0.3, -0.25) is 9.78 Å². The molecule has 118 valence electrons. The lowest BCUT2D eigenvalue weighted by atomic mass is 9.86. The topological polar surface area (TPSA) is 83.8 Å². The summed E-state index contributed by atoms with van der Waals surface area (Å²) >= 11 is 0. The van der Waals surface area contributed by atoms with Crippen molar-refractivity contribution < 1.29 is 4.39 Å². The second-order valence-electron chi connectivity index (χ2n) is 5.01. The number of nitrogens with one attached hydrogen (secondary N) is 2. The number of benzene rings is 1. The van der Waals surface area contributed by atoms with Gasteiger partial charge in [-0.1, -0.05) is 39.0 Å². The number of halogens is 1. The lowest BCUT2D eigenvalue weighted by molar-refractivity contribution is 0.547. The number of rotatable bonds is 2. The Morgan fingerprint density at radius 3 is 2.73 bits per heavy atom. The van der Waals surface area contributed by atoms with Crippen molar-refractivity contribution in [1.29, 1.82) is 0 Å². The van der Waals surface area contributed by atoms with Gasteiger partial charge in [0.25, 0.3) is 5.56 Å². The maximum Gasteiger partial charge on any atom is 0.275 e. The number of nitrogens with two attached hydrogens (primary N) is 1. The van der Waals surface area contributed by atoms with Crippen LogP contribution in [-0.4, -0.2) is 16.5 Å². The van der Waals surface area contributed by atoms with E-state index in [1.54, 1.807) is 18.2 Å². The highest BCUT2D eigenvalue weighted by molar-refractivity contribution is 5.55. The number of hydrogen-bond donors (Lipinski definition) is 3. The number of aromatic nitrogens is 2. The molecule has 0 bridgehead atoms. The average molecular weight is 304 g/mol. The molecule has 0 fully saturated rings. The highest BCUT2D eigenvalue weighted by atomic mass is 19.1. The van der Waals surface area contributed by atoms with Crippen LogP contribution in [0.25, 0.3) is 0 Å². The fraction of sp³-hybridized carbons (Fsp3) is 0.375. The fourth-order valence-corrected chi connectivity index (χ4v) is 2.73. The molecule has 2 atom stereocenters. The number of hydrogen-bond acceptors (Lipinski definition) is 4. The monoisotopic (exact) mass is 304 g/mol. The summed E-state index contributed by atoms with van der Waals surface area (Å²) < 4.78 is 13.9. The van der Waals surface area contributed by atoms with E-state index in [1.807, 2.05) is 20.8 Å². The summed E-state index contributed by atoms with van der Waals surface area (Å²) in [5.74, 6) is -0.334. The van der Waals surface area contributed by atoms with Gasteiger partial charge in [0.1, 0.15) is 11.5 Å². The van der Waals surface area contributed by atoms with Crippen molar-refractivity contribution in [2.75, 3.05) is 17.6 Å². The van der Waals surface area contributed by atoms with Gasteiger partial charge < -0.3 is 11.1 Å². The molecule has 1 aliphatic heterocycles. The predicted molar refractivity (Wildman–Crippen MR) is 86.7 cm³/mol. The first-order chi connectivity index (χ1) is 10.6. The Balaban J connectivity index is 0.000000847. The van der Waals surface area contributed by atoms with E-state index >= 15 is 0 Å². The Labute approximate surface area is 128 Å². The van der Waals surface area contributed by atoms with Crippen LogP contribution in [0.4, 0.5) is 16.0 Å². The third-order valence-corrected chi connectivity index (χ3v) is 3.82. The van der Waals surface area contributed by atoms with Crippen molar-refractivity contribution in [1.82, 2.24) is 9.97 Å². The number of nitrogen functional groups attached to an aromatic ring is 1. The van der Waals surface area contributed by atoms with E-state index in [-0.39, 0.29) is 29.2 Å². The van der Waals surface area contributed by atoms with E-state index in [0.29, 0.717) is 23.5 Å². The second kappa shape index (κ2) is 6.60. The molecule has 22 heavy (non-hydrogen) atoms. The first-order valence-corrected chi connectivity index (χ1v) is 7.46. The zero-order valence-corrected chi connectivity index (χ0v) is 13.0. The maximum atomic E-state index is 13.9. The Kier molecular flexibility index (Phi) is 4.80. The standard InChI is InChI=1S/C14H15FN4O.C2H6/c1-7(8-4-2-3-5-10(8)15)9-6-17-12-11(9)18-14(16)19-13(12)20;1-2/h2-5,7,9,17H,6H2,1H3,(H3,16,18,19,20);1-2H3/t7-,9?;/m0./s1. The molecule has 0 aliphatic carbocycles. The number of anilines is 2. The van der Waals surface area contributed by atoms with Crippen LogP contribution in [-0.2, 0) is 0 Å². The van der Waals surface area contributed by atoms with E-state index in [4.69, 9.17) is 5.73 Å². The second-order valence-corrected chi connectivity index (χ2v) is 5.01. The lowest BCUT2D eigenvalue weighted by Gasteiger charge is -2.19. The number of fused-ring (bicyclic) bond motifs is 1. The zero-order valence-electron chi connectivity index (χ0n) is 13.0. The molecular weight excluding hydrogens is 283 g/mol. The van der Waals surface area contributed by atoms with E-state index in [2.05, 4.69) is 15.3 Å². The van der Waals surface area contributed by atoms with Gasteiger partial charge >= 0.3 is 0 Å². The highest BCUT2D eigenvalue weighted by Crippen LogP contribution is 2.38. The minimum atomic E-state index is -0.282. The van der Waals surface area contributed by atoms with Crippen molar-refractivity contribution in [2.45, 2.75) is 32.6 Å². The van der Waals surface area contributed by atoms with Crippen molar-refractivity contribution in [3.63, 3.8) is 0 Å². The van der Waals surface area contributed by atoms with E-state index in [9.17, 15) is 9.18 Å². The molecule has 0 radical (unpaired) electrons. The van der Waals surface area contributed by atoms with Gasteiger partial charge in [0, 0.05) is 12.5 Å². The Morgan fingerprint density at radius 1 is 1.36 bits per heavy atom. The summed E-state index contributed by atoms with van der Waals surface area (Å²) in [6, 6.07) is 6.66. The Hall–Kier alpha value is -2.37. The summed E-state index contributed by atoms with van der Waals surface area (Å²) in [5.41, 5.74) is 6.98. The first kappa shape index (κ1) is 16.0. The molecule has 4 N–H and O–H groups in total. The summed E-state index contributed by atoms with van der Waals surface area (Å²) in [7, 11) is 0. The molecule has 0 saturated carbocycles. The van der Waals surface area contributed by atoms with E-state index < -0.39 is 0 Å². The third kappa shape index (κ3) is 2.81. The summed E-state index contributed by atoms with van der Waals surface area (Å²) in [6.07, 6.45) is 0. The predicted octanol–water partition coefficient (Wildman–Crippen LogP) is 2.83. The first-order valence-electron chi connectivity index (χ1n) is 7.46. The van der Waals surface area contributed by atoms with Crippen LogP contribution >= 0.6 is 0 Å². The van der Waals surface area contributed by atoms with Crippen LogP contribution in [0, 0.1) is 5.82 Å². The van der Waals surface area contributed by atoms with Crippen molar-refractivity contribution in [3.8, 4) is 0 Å². The van der Waals surface area contributed by atoms with Crippen LogP contribution in [0.1, 0.15) is 43.9 Å². The quantitative estimate of drug-likeness (QED) is 0.796. The summed E-state index contributed by atoms with van der Waals surface area (Å²) in [6.45, 7) is 6.48. The fourth-order valence-electron chi connectivity index (χ4n) is 2.73. The molecule has 3 rings (SSSR count). The van der Waals surface area contributed by atoms with Gasteiger partial charge in [0.2, 0.25) is 5.95 Å². The largest absolute Gasteiger partial charge is 0.378 e. The molecule has 5 nitrogen and oxygen atoms in total. The molecule has 1 aromatic heterocycles. The van der Waals surface area contributed by atoms with Gasteiger partial charge in [-0.2, -0.15) is 0 Å². The molecular formula is C16H21FN4O. The van der Waals surface area contributed by atoms with Gasteiger partial charge in [-0.25, -0.2) is 9.37 Å². The van der Waals surface area contributed by atoms with Gasteiger partial charge in [-0.15, -0.1) is 0 Å². The minimum Gasteiger partial charge on any atom is -0.378 e. The van der Waals surface area contributed by atoms with E-state index in [1.165, 1.54) is 6.07 Å².